The Morgan fingerprint density at radius 2 is 2.05 bits per heavy atom. The van der Waals surface area contributed by atoms with Gasteiger partial charge in [0, 0.05) is 11.7 Å². The van der Waals surface area contributed by atoms with Crippen molar-refractivity contribution < 1.29 is 17.6 Å². The number of halogens is 1. The lowest BCUT2D eigenvalue weighted by Gasteiger charge is -2.12. The lowest BCUT2D eigenvalue weighted by atomic mass is 10.2. The Balaban J connectivity index is 1.80. The fourth-order valence-corrected chi connectivity index (χ4v) is 4.11. The third-order valence-electron chi connectivity index (χ3n) is 3.54. The third kappa shape index (κ3) is 3.01. The summed E-state index contributed by atoms with van der Waals surface area (Å²) in [7, 11) is -3.06. The molecule has 1 aliphatic heterocycles. The van der Waals surface area contributed by atoms with E-state index < -0.39 is 15.7 Å². The predicted octanol–water partition coefficient (Wildman–Crippen LogP) is 0.928. The normalized spacial score (nSPS) is 20.0. The molecule has 1 N–H and O–H groups in total. The number of carbonyl (C=O) groups excluding carboxylic acids is 1. The van der Waals surface area contributed by atoms with Gasteiger partial charge in [0.25, 0.3) is 5.91 Å². The molecule has 2 heterocycles. The zero-order chi connectivity index (χ0) is 15.7. The quantitative estimate of drug-likeness (QED) is 0.911. The highest BCUT2D eigenvalue weighted by atomic mass is 32.2. The lowest BCUT2D eigenvalue weighted by molar-refractivity contribution is 0.0934. The molecule has 8 heteroatoms. The molecule has 0 aliphatic carbocycles. The van der Waals surface area contributed by atoms with Crippen LogP contribution in [0.25, 0.3) is 5.69 Å². The van der Waals surface area contributed by atoms with E-state index in [9.17, 15) is 17.6 Å². The summed E-state index contributed by atoms with van der Waals surface area (Å²) in [5.41, 5.74) is 0.874. The minimum atomic E-state index is -3.06. The van der Waals surface area contributed by atoms with Crippen molar-refractivity contribution in [3.63, 3.8) is 0 Å². The summed E-state index contributed by atoms with van der Waals surface area (Å²) in [5, 5.41) is 2.71. The summed E-state index contributed by atoms with van der Waals surface area (Å²) in [4.78, 5) is 16.2. The summed E-state index contributed by atoms with van der Waals surface area (Å²) < 4.78 is 37.3. The summed E-state index contributed by atoms with van der Waals surface area (Å²) in [5.74, 6) is -0.714. The molecule has 1 aromatic heterocycles. The van der Waals surface area contributed by atoms with Crippen LogP contribution < -0.4 is 5.32 Å². The van der Waals surface area contributed by atoms with E-state index in [2.05, 4.69) is 10.3 Å². The molecule has 0 bridgehead atoms. The average Bonchev–Trinajstić information content (AvgIpc) is 3.06. The van der Waals surface area contributed by atoms with Gasteiger partial charge in [-0.25, -0.2) is 17.8 Å². The fourth-order valence-electron chi connectivity index (χ4n) is 2.44. The minimum Gasteiger partial charge on any atom is -0.347 e. The van der Waals surface area contributed by atoms with Crippen LogP contribution in [0, 0.1) is 5.82 Å². The lowest BCUT2D eigenvalue weighted by Crippen LogP contribution is -2.36. The topological polar surface area (TPSA) is 81.1 Å². The van der Waals surface area contributed by atoms with E-state index in [-0.39, 0.29) is 29.1 Å². The van der Waals surface area contributed by atoms with Crippen LogP contribution in [0.2, 0.25) is 0 Å². The number of nitrogens with zero attached hydrogens (tertiary/aromatic N) is 2. The monoisotopic (exact) mass is 323 g/mol. The SMILES string of the molecule is O=C(N[C@@H]1CCS(=O)(=O)C1)c1cncn1-c1ccc(F)cc1. The van der Waals surface area contributed by atoms with Gasteiger partial charge in [-0.15, -0.1) is 0 Å². The van der Waals surface area contributed by atoms with Crippen molar-refractivity contribution in [2.24, 2.45) is 0 Å². The molecule has 1 aliphatic rings. The van der Waals surface area contributed by atoms with E-state index in [0.29, 0.717) is 12.1 Å². The number of sulfone groups is 1. The Labute approximate surface area is 126 Å². The maximum Gasteiger partial charge on any atom is 0.270 e. The van der Waals surface area contributed by atoms with Gasteiger partial charge in [0.2, 0.25) is 0 Å². The van der Waals surface area contributed by atoms with Crippen molar-refractivity contribution in [3.05, 3.63) is 48.3 Å². The van der Waals surface area contributed by atoms with Gasteiger partial charge in [0.05, 0.1) is 24.0 Å². The maximum atomic E-state index is 13.0. The van der Waals surface area contributed by atoms with Crippen molar-refractivity contribution in [1.82, 2.24) is 14.9 Å². The van der Waals surface area contributed by atoms with E-state index >= 15 is 0 Å². The third-order valence-corrected chi connectivity index (χ3v) is 5.31. The Hall–Kier alpha value is -2.22. The Kier molecular flexibility index (Phi) is 3.69. The molecule has 3 rings (SSSR count). The molecular formula is C14H14FN3O3S. The first-order chi connectivity index (χ1) is 10.4. The number of imidazole rings is 1. The first kappa shape index (κ1) is 14.7. The van der Waals surface area contributed by atoms with Crippen LogP contribution in [0.3, 0.4) is 0 Å². The molecule has 22 heavy (non-hydrogen) atoms. The van der Waals surface area contributed by atoms with Crippen LogP contribution in [-0.2, 0) is 9.84 Å². The summed E-state index contributed by atoms with van der Waals surface area (Å²) >= 11 is 0. The maximum absolute atomic E-state index is 13.0. The van der Waals surface area contributed by atoms with Crippen molar-refractivity contribution in [2.45, 2.75) is 12.5 Å². The second kappa shape index (κ2) is 5.53. The molecule has 1 atom stereocenters. The van der Waals surface area contributed by atoms with Gasteiger partial charge >= 0.3 is 0 Å². The number of hydrogen-bond donors (Lipinski definition) is 1. The number of rotatable bonds is 3. The molecule has 0 saturated carbocycles. The van der Waals surface area contributed by atoms with E-state index in [1.807, 2.05) is 0 Å². The van der Waals surface area contributed by atoms with Crippen molar-refractivity contribution >= 4 is 15.7 Å². The van der Waals surface area contributed by atoms with Gasteiger partial charge in [-0.05, 0) is 30.7 Å². The zero-order valence-electron chi connectivity index (χ0n) is 11.6. The molecule has 6 nitrogen and oxygen atoms in total. The van der Waals surface area contributed by atoms with Gasteiger partial charge < -0.3 is 5.32 Å². The highest BCUT2D eigenvalue weighted by molar-refractivity contribution is 7.91. The number of nitrogens with one attached hydrogen (secondary N) is 1. The molecule has 1 aromatic carbocycles. The standard InChI is InChI=1S/C14H14FN3O3S/c15-10-1-3-12(4-2-10)18-9-16-7-13(18)14(19)17-11-5-6-22(20,21)8-11/h1-4,7,9,11H,5-6,8H2,(H,17,19)/t11-/m1/s1. The highest BCUT2D eigenvalue weighted by Gasteiger charge is 2.29. The zero-order valence-corrected chi connectivity index (χ0v) is 12.4. The highest BCUT2D eigenvalue weighted by Crippen LogP contribution is 2.15. The van der Waals surface area contributed by atoms with Gasteiger partial charge in [0.15, 0.2) is 9.84 Å². The van der Waals surface area contributed by atoms with E-state index in [1.165, 1.54) is 41.4 Å². The molecule has 0 radical (unpaired) electrons. The average molecular weight is 323 g/mol. The smallest absolute Gasteiger partial charge is 0.270 e. The molecular weight excluding hydrogens is 309 g/mol. The van der Waals surface area contributed by atoms with Crippen LogP contribution in [-0.4, -0.2) is 41.4 Å². The first-order valence-electron chi connectivity index (χ1n) is 6.74. The Bertz CT molecular complexity index is 799. The van der Waals surface area contributed by atoms with Crippen LogP contribution in [0.15, 0.2) is 36.8 Å². The predicted molar refractivity (Wildman–Crippen MR) is 78.0 cm³/mol. The van der Waals surface area contributed by atoms with Crippen LogP contribution in [0.1, 0.15) is 16.9 Å². The molecule has 0 spiro atoms. The van der Waals surface area contributed by atoms with Crippen molar-refractivity contribution in [1.29, 1.82) is 0 Å². The number of hydrogen-bond acceptors (Lipinski definition) is 4. The Morgan fingerprint density at radius 3 is 2.68 bits per heavy atom. The van der Waals surface area contributed by atoms with Gasteiger partial charge in [0.1, 0.15) is 11.5 Å². The molecule has 2 aromatic rings. The Morgan fingerprint density at radius 1 is 1.32 bits per heavy atom. The molecule has 116 valence electrons. The van der Waals surface area contributed by atoms with E-state index in [0.717, 1.165) is 0 Å². The van der Waals surface area contributed by atoms with Crippen LogP contribution in [0.4, 0.5) is 4.39 Å². The van der Waals surface area contributed by atoms with Gasteiger partial charge in [-0.2, -0.15) is 0 Å². The van der Waals surface area contributed by atoms with Gasteiger partial charge in [-0.1, -0.05) is 0 Å². The van der Waals surface area contributed by atoms with Crippen molar-refractivity contribution in [3.8, 4) is 5.69 Å². The molecule has 1 amide bonds. The molecule has 1 fully saturated rings. The van der Waals surface area contributed by atoms with Crippen molar-refractivity contribution in [2.75, 3.05) is 11.5 Å². The van der Waals surface area contributed by atoms with E-state index in [4.69, 9.17) is 0 Å². The van der Waals surface area contributed by atoms with E-state index in [1.54, 1.807) is 0 Å². The number of aromatic nitrogens is 2. The first-order valence-corrected chi connectivity index (χ1v) is 8.56. The number of benzene rings is 1. The van der Waals surface area contributed by atoms with Crippen LogP contribution >= 0.6 is 0 Å². The van der Waals surface area contributed by atoms with Gasteiger partial charge in [-0.3, -0.25) is 9.36 Å². The number of amides is 1. The summed E-state index contributed by atoms with van der Waals surface area (Å²) in [6, 6.07) is 5.28. The second-order valence-corrected chi connectivity index (χ2v) is 7.43. The number of carbonyl (C=O) groups is 1. The fraction of sp³-hybridized carbons (Fsp3) is 0.286. The second-order valence-electron chi connectivity index (χ2n) is 5.20. The molecule has 1 saturated heterocycles. The van der Waals surface area contributed by atoms with Crippen LogP contribution in [0.5, 0.6) is 0 Å². The largest absolute Gasteiger partial charge is 0.347 e. The summed E-state index contributed by atoms with van der Waals surface area (Å²) in [6.45, 7) is 0. The molecule has 0 unspecified atom stereocenters. The summed E-state index contributed by atoms with van der Waals surface area (Å²) in [6.07, 6.45) is 3.26. The minimum absolute atomic E-state index is 0.0383.